The van der Waals surface area contributed by atoms with Gasteiger partial charge in [-0.1, -0.05) is 12.8 Å². The molecule has 2 fully saturated rings. The third-order valence-corrected chi connectivity index (χ3v) is 6.39. The highest BCUT2D eigenvalue weighted by molar-refractivity contribution is 7.89. The van der Waals surface area contributed by atoms with Crippen molar-refractivity contribution in [3.63, 3.8) is 0 Å². The van der Waals surface area contributed by atoms with Crippen LogP contribution in [-0.2, 0) is 19.6 Å². The van der Waals surface area contributed by atoms with Gasteiger partial charge in [-0.2, -0.15) is 0 Å². The molecule has 1 aliphatic heterocycles. The maximum atomic E-state index is 12.3. The highest BCUT2D eigenvalue weighted by atomic mass is 35.5. The lowest BCUT2D eigenvalue weighted by atomic mass is 9.74. The predicted octanol–water partition coefficient (Wildman–Crippen LogP) is 0.921. The van der Waals surface area contributed by atoms with Crippen molar-refractivity contribution >= 4 is 28.3 Å². The van der Waals surface area contributed by atoms with E-state index in [1.165, 1.54) is 0 Å². The van der Waals surface area contributed by atoms with E-state index in [0.717, 1.165) is 44.9 Å². The number of sulfonamides is 1. The molecule has 9 heteroatoms. The molecule has 3 atom stereocenters. The fourth-order valence-electron chi connectivity index (χ4n) is 3.48. The molecule has 2 rings (SSSR count). The molecule has 2 aliphatic rings. The molecule has 7 nitrogen and oxygen atoms in total. The van der Waals surface area contributed by atoms with Crippen LogP contribution in [0, 0.1) is 5.92 Å². The maximum Gasteiger partial charge on any atom is 0.224 e. The molecule has 0 aromatic carbocycles. The van der Waals surface area contributed by atoms with Gasteiger partial charge in [-0.15, -0.1) is 12.4 Å². The first-order valence-corrected chi connectivity index (χ1v) is 10.6. The van der Waals surface area contributed by atoms with Crippen molar-refractivity contribution in [2.24, 2.45) is 11.7 Å². The number of carbonyl (C=O) groups excluding carboxylic acids is 1. The van der Waals surface area contributed by atoms with Crippen LogP contribution in [0.1, 0.15) is 51.9 Å². The second-order valence-electron chi connectivity index (χ2n) is 7.25. The number of amides is 1. The molecule has 25 heavy (non-hydrogen) atoms. The highest BCUT2D eigenvalue weighted by Gasteiger charge is 2.37. The van der Waals surface area contributed by atoms with Crippen molar-refractivity contribution in [3.8, 4) is 0 Å². The van der Waals surface area contributed by atoms with Gasteiger partial charge in [0, 0.05) is 25.2 Å². The molecule has 1 aliphatic carbocycles. The molecule has 0 bridgehead atoms. The Bertz CT molecular complexity index is 521. The molecule has 1 amide bonds. The normalized spacial score (nSPS) is 30.3. The average Bonchev–Trinajstić information content (AvgIpc) is 2.53. The SMILES string of the molecule is CC1(N)CCCCC1C(=O)NCCS(=O)(=O)NCC1CCCCO1.Cl. The maximum absolute atomic E-state index is 12.3. The lowest BCUT2D eigenvalue weighted by Gasteiger charge is -2.37. The Morgan fingerprint density at radius 1 is 1.24 bits per heavy atom. The van der Waals surface area contributed by atoms with E-state index in [-0.39, 0.29) is 42.6 Å². The van der Waals surface area contributed by atoms with Crippen LogP contribution in [0.25, 0.3) is 0 Å². The first-order chi connectivity index (χ1) is 11.3. The standard InChI is InChI=1S/C16H31N3O4S.ClH/c1-16(17)8-4-2-7-14(16)15(20)18-9-11-24(21,22)19-12-13-6-3-5-10-23-13;/h13-14,19H,2-12,17H2,1H3,(H,18,20);1H. The van der Waals surface area contributed by atoms with Gasteiger partial charge in [-0.3, -0.25) is 4.79 Å². The minimum absolute atomic E-state index is 0. The quantitative estimate of drug-likeness (QED) is 0.591. The molecule has 0 radical (unpaired) electrons. The largest absolute Gasteiger partial charge is 0.377 e. The van der Waals surface area contributed by atoms with Crippen LogP contribution in [0.15, 0.2) is 0 Å². The number of hydrogen-bond acceptors (Lipinski definition) is 5. The Balaban J connectivity index is 0.00000312. The topological polar surface area (TPSA) is 111 Å². The first-order valence-electron chi connectivity index (χ1n) is 8.96. The third kappa shape index (κ3) is 7.38. The van der Waals surface area contributed by atoms with Gasteiger partial charge in [-0.05, 0) is 39.0 Å². The zero-order chi connectivity index (χ0) is 17.6. The molecule has 0 spiro atoms. The number of ether oxygens (including phenoxy) is 1. The van der Waals surface area contributed by atoms with Crippen LogP contribution in [-0.4, -0.2) is 51.4 Å². The summed E-state index contributed by atoms with van der Waals surface area (Å²) in [6.07, 6.45) is 6.58. The van der Waals surface area contributed by atoms with E-state index in [4.69, 9.17) is 10.5 Å². The van der Waals surface area contributed by atoms with Gasteiger partial charge in [0.05, 0.1) is 17.8 Å². The summed E-state index contributed by atoms with van der Waals surface area (Å²) < 4.78 is 32.1. The van der Waals surface area contributed by atoms with Crippen molar-refractivity contribution in [1.82, 2.24) is 10.0 Å². The van der Waals surface area contributed by atoms with Crippen LogP contribution in [0.4, 0.5) is 0 Å². The van der Waals surface area contributed by atoms with Gasteiger partial charge in [0.25, 0.3) is 0 Å². The minimum Gasteiger partial charge on any atom is -0.377 e. The Morgan fingerprint density at radius 3 is 2.60 bits per heavy atom. The van der Waals surface area contributed by atoms with Gasteiger partial charge in [0.15, 0.2) is 0 Å². The Hall–Kier alpha value is -0.410. The van der Waals surface area contributed by atoms with Gasteiger partial charge in [0.1, 0.15) is 0 Å². The Labute approximate surface area is 157 Å². The van der Waals surface area contributed by atoms with Gasteiger partial charge >= 0.3 is 0 Å². The number of carbonyl (C=O) groups is 1. The molecule has 148 valence electrons. The number of nitrogens with two attached hydrogens (primary N) is 1. The Morgan fingerprint density at radius 2 is 1.96 bits per heavy atom. The highest BCUT2D eigenvalue weighted by Crippen LogP contribution is 2.31. The third-order valence-electron chi connectivity index (χ3n) is 5.05. The van der Waals surface area contributed by atoms with Crippen LogP contribution in [0.3, 0.4) is 0 Å². The number of rotatable bonds is 7. The zero-order valence-electron chi connectivity index (χ0n) is 15.0. The second-order valence-corrected chi connectivity index (χ2v) is 9.18. The van der Waals surface area contributed by atoms with E-state index >= 15 is 0 Å². The summed E-state index contributed by atoms with van der Waals surface area (Å²) in [5.74, 6) is -0.498. The molecule has 0 aromatic heterocycles. The molecule has 3 unspecified atom stereocenters. The van der Waals surface area contributed by atoms with Crippen molar-refractivity contribution in [1.29, 1.82) is 0 Å². The summed E-state index contributed by atoms with van der Waals surface area (Å²) in [4.78, 5) is 12.3. The van der Waals surface area contributed by atoms with Crippen LogP contribution in [0.5, 0.6) is 0 Å². The first kappa shape index (κ1) is 22.6. The van der Waals surface area contributed by atoms with Crippen molar-refractivity contribution in [3.05, 3.63) is 0 Å². The summed E-state index contributed by atoms with van der Waals surface area (Å²) >= 11 is 0. The van der Waals surface area contributed by atoms with E-state index in [1.54, 1.807) is 0 Å². The van der Waals surface area contributed by atoms with Crippen molar-refractivity contribution in [2.75, 3.05) is 25.4 Å². The second kappa shape index (κ2) is 10.1. The lowest BCUT2D eigenvalue weighted by molar-refractivity contribution is -0.127. The van der Waals surface area contributed by atoms with Gasteiger partial charge in [-0.25, -0.2) is 13.1 Å². The summed E-state index contributed by atoms with van der Waals surface area (Å²) in [6.45, 7) is 3.01. The van der Waals surface area contributed by atoms with Crippen LogP contribution in [0.2, 0.25) is 0 Å². The van der Waals surface area contributed by atoms with Gasteiger partial charge < -0.3 is 15.8 Å². The fourth-order valence-corrected chi connectivity index (χ4v) is 4.44. The number of hydrogen-bond donors (Lipinski definition) is 3. The van der Waals surface area contributed by atoms with Crippen LogP contribution < -0.4 is 15.8 Å². The smallest absolute Gasteiger partial charge is 0.224 e. The van der Waals surface area contributed by atoms with Crippen molar-refractivity contribution in [2.45, 2.75) is 63.5 Å². The summed E-state index contributed by atoms with van der Waals surface area (Å²) in [5, 5.41) is 2.73. The number of halogens is 1. The number of nitrogens with one attached hydrogen (secondary N) is 2. The molecule has 1 saturated heterocycles. The summed E-state index contributed by atoms with van der Waals surface area (Å²) in [5.41, 5.74) is 5.70. The molecular formula is C16H32ClN3O4S. The predicted molar refractivity (Wildman–Crippen MR) is 100 cm³/mol. The average molecular weight is 398 g/mol. The van der Waals surface area contributed by atoms with E-state index in [2.05, 4.69) is 10.0 Å². The molecule has 1 heterocycles. The van der Waals surface area contributed by atoms with Crippen molar-refractivity contribution < 1.29 is 17.9 Å². The Kier molecular flexibility index (Phi) is 9.11. The fraction of sp³-hybridized carbons (Fsp3) is 0.938. The van der Waals surface area contributed by atoms with Gasteiger partial charge in [0.2, 0.25) is 15.9 Å². The van der Waals surface area contributed by atoms with E-state index in [1.807, 2.05) is 6.92 Å². The molecule has 4 N–H and O–H groups in total. The van der Waals surface area contributed by atoms with E-state index < -0.39 is 15.6 Å². The summed E-state index contributed by atoms with van der Waals surface area (Å²) in [6, 6.07) is 0. The zero-order valence-corrected chi connectivity index (χ0v) is 16.6. The monoisotopic (exact) mass is 397 g/mol. The lowest BCUT2D eigenvalue weighted by Crippen LogP contribution is -2.53. The van der Waals surface area contributed by atoms with E-state index in [0.29, 0.717) is 13.2 Å². The van der Waals surface area contributed by atoms with Crippen LogP contribution >= 0.6 is 12.4 Å². The molecule has 0 aromatic rings. The molecule has 1 saturated carbocycles. The minimum atomic E-state index is -3.41. The van der Waals surface area contributed by atoms with E-state index in [9.17, 15) is 13.2 Å². The summed E-state index contributed by atoms with van der Waals surface area (Å²) in [7, 11) is -3.41. The molecular weight excluding hydrogens is 366 g/mol.